The average Bonchev–Trinajstić information content (AvgIpc) is 2.98. The van der Waals surface area contributed by atoms with E-state index in [1.165, 1.54) is 0 Å². The predicted octanol–water partition coefficient (Wildman–Crippen LogP) is 1.89. The standard InChI is InChI=1S/C15H20N4O.ClH/c1-11(2)14(16)15(20)18-9-12-5-3-4-6-13(12)19-8-7-17-10-19;/h3-8,10-11,14H,9,16H2,1-2H3,(H,18,20);1H/t14-;/m0./s1. The molecule has 0 saturated carbocycles. The second-order valence-corrected chi connectivity index (χ2v) is 5.09. The lowest BCUT2D eigenvalue weighted by atomic mass is 10.0. The number of nitrogens with one attached hydrogen (secondary N) is 1. The lowest BCUT2D eigenvalue weighted by Crippen LogP contribution is -2.43. The van der Waals surface area contributed by atoms with Gasteiger partial charge in [0.25, 0.3) is 0 Å². The van der Waals surface area contributed by atoms with Crippen LogP contribution in [0.15, 0.2) is 43.0 Å². The number of benzene rings is 1. The van der Waals surface area contributed by atoms with E-state index >= 15 is 0 Å². The van der Waals surface area contributed by atoms with Crippen molar-refractivity contribution in [3.63, 3.8) is 0 Å². The van der Waals surface area contributed by atoms with Crippen LogP contribution in [0.2, 0.25) is 0 Å². The van der Waals surface area contributed by atoms with Gasteiger partial charge in [-0.25, -0.2) is 4.98 Å². The van der Waals surface area contributed by atoms with Gasteiger partial charge in [-0.15, -0.1) is 12.4 Å². The quantitative estimate of drug-likeness (QED) is 0.886. The van der Waals surface area contributed by atoms with Gasteiger partial charge in [0.2, 0.25) is 5.91 Å². The van der Waals surface area contributed by atoms with E-state index < -0.39 is 6.04 Å². The van der Waals surface area contributed by atoms with E-state index in [2.05, 4.69) is 10.3 Å². The Balaban J connectivity index is 0.00000220. The largest absolute Gasteiger partial charge is 0.351 e. The molecule has 5 nitrogen and oxygen atoms in total. The fourth-order valence-electron chi connectivity index (χ4n) is 1.92. The van der Waals surface area contributed by atoms with Crippen molar-refractivity contribution in [3.05, 3.63) is 48.5 Å². The first kappa shape index (κ1) is 17.2. The molecule has 1 amide bonds. The van der Waals surface area contributed by atoms with Crippen molar-refractivity contribution in [2.24, 2.45) is 11.7 Å². The molecule has 1 aromatic carbocycles. The Labute approximate surface area is 131 Å². The third-order valence-corrected chi connectivity index (χ3v) is 3.25. The van der Waals surface area contributed by atoms with E-state index in [9.17, 15) is 4.79 Å². The molecule has 21 heavy (non-hydrogen) atoms. The topological polar surface area (TPSA) is 72.9 Å². The number of carbonyl (C=O) groups excluding carboxylic acids is 1. The van der Waals surface area contributed by atoms with Crippen LogP contribution in [0.4, 0.5) is 0 Å². The highest BCUT2D eigenvalue weighted by Gasteiger charge is 2.17. The van der Waals surface area contributed by atoms with E-state index in [1.54, 1.807) is 12.5 Å². The van der Waals surface area contributed by atoms with Gasteiger partial charge in [-0.05, 0) is 17.5 Å². The van der Waals surface area contributed by atoms with Gasteiger partial charge in [-0.2, -0.15) is 0 Å². The summed E-state index contributed by atoms with van der Waals surface area (Å²) in [5, 5.41) is 2.88. The predicted molar refractivity (Wildman–Crippen MR) is 85.5 cm³/mol. The Morgan fingerprint density at radius 2 is 2.10 bits per heavy atom. The maximum absolute atomic E-state index is 11.9. The van der Waals surface area contributed by atoms with Crippen LogP contribution in [-0.4, -0.2) is 21.5 Å². The maximum atomic E-state index is 11.9. The number of imidazole rings is 1. The number of nitrogens with zero attached hydrogens (tertiary/aromatic N) is 2. The molecule has 0 aliphatic heterocycles. The third kappa shape index (κ3) is 4.31. The van der Waals surface area contributed by atoms with Crippen LogP contribution in [0.5, 0.6) is 0 Å². The van der Waals surface area contributed by atoms with Gasteiger partial charge in [0, 0.05) is 18.9 Å². The summed E-state index contributed by atoms with van der Waals surface area (Å²) in [5.74, 6) is -0.000623. The molecule has 0 spiro atoms. The molecule has 0 bridgehead atoms. The Morgan fingerprint density at radius 3 is 2.71 bits per heavy atom. The van der Waals surface area contributed by atoms with Crippen molar-refractivity contribution in [1.82, 2.24) is 14.9 Å². The number of aromatic nitrogens is 2. The second kappa shape index (κ2) is 7.81. The minimum Gasteiger partial charge on any atom is -0.351 e. The lowest BCUT2D eigenvalue weighted by Gasteiger charge is -2.16. The van der Waals surface area contributed by atoms with Gasteiger partial charge in [0.15, 0.2) is 0 Å². The van der Waals surface area contributed by atoms with Crippen molar-refractivity contribution >= 4 is 18.3 Å². The van der Waals surface area contributed by atoms with Gasteiger partial charge in [-0.3, -0.25) is 4.79 Å². The second-order valence-electron chi connectivity index (χ2n) is 5.09. The molecule has 6 heteroatoms. The first-order valence-corrected chi connectivity index (χ1v) is 6.69. The molecule has 0 aliphatic carbocycles. The summed E-state index contributed by atoms with van der Waals surface area (Å²) >= 11 is 0. The fourth-order valence-corrected chi connectivity index (χ4v) is 1.92. The molecule has 1 heterocycles. The average molecular weight is 309 g/mol. The Bertz CT molecular complexity index is 569. The minimum atomic E-state index is -0.476. The van der Waals surface area contributed by atoms with Crippen LogP contribution < -0.4 is 11.1 Å². The van der Waals surface area contributed by atoms with Gasteiger partial charge < -0.3 is 15.6 Å². The summed E-state index contributed by atoms with van der Waals surface area (Å²) in [6.07, 6.45) is 5.34. The van der Waals surface area contributed by atoms with E-state index in [0.717, 1.165) is 11.3 Å². The van der Waals surface area contributed by atoms with Gasteiger partial charge in [0.05, 0.1) is 18.1 Å². The Hall–Kier alpha value is -1.85. The molecule has 114 valence electrons. The van der Waals surface area contributed by atoms with Crippen molar-refractivity contribution in [2.75, 3.05) is 0 Å². The van der Waals surface area contributed by atoms with Crippen LogP contribution >= 0.6 is 12.4 Å². The van der Waals surface area contributed by atoms with Crippen molar-refractivity contribution in [1.29, 1.82) is 0 Å². The summed E-state index contributed by atoms with van der Waals surface area (Å²) in [4.78, 5) is 15.9. The number of halogens is 1. The van der Waals surface area contributed by atoms with E-state index in [1.807, 2.05) is 48.9 Å². The molecule has 0 unspecified atom stereocenters. The Kier molecular flexibility index (Phi) is 6.39. The summed E-state index contributed by atoms with van der Waals surface area (Å²) in [6.45, 7) is 4.32. The first-order valence-electron chi connectivity index (χ1n) is 6.69. The zero-order valence-corrected chi connectivity index (χ0v) is 13.0. The monoisotopic (exact) mass is 308 g/mol. The van der Waals surface area contributed by atoms with Crippen LogP contribution in [-0.2, 0) is 11.3 Å². The zero-order chi connectivity index (χ0) is 14.5. The molecule has 1 atom stereocenters. The molecular formula is C15H21ClN4O. The fraction of sp³-hybridized carbons (Fsp3) is 0.333. The molecule has 0 fully saturated rings. The molecule has 0 saturated heterocycles. The Morgan fingerprint density at radius 1 is 1.38 bits per heavy atom. The number of hydrogen-bond donors (Lipinski definition) is 2. The SMILES string of the molecule is CC(C)[C@H](N)C(=O)NCc1ccccc1-n1ccnc1.Cl. The van der Waals surface area contributed by atoms with Crippen LogP contribution in [0.3, 0.4) is 0 Å². The summed E-state index contributed by atoms with van der Waals surface area (Å²) in [5.41, 5.74) is 7.86. The molecule has 2 rings (SSSR count). The van der Waals surface area contributed by atoms with E-state index in [0.29, 0.717) is 6.54 Å². The minimum absolute atomic E-state index is 0. The van der Waals surface area contributed by atoms with Crippen LogP contribution in [0, 0.1) is 5.92 Å². The zero-order valence-electron chi connectivity index (χ0n) is 12.2. The third-order valence-electron chi connectivity index (χ3n) is 3.25. The van der Waals surface area contributed by atoms with Crippen LogP contribution in [0.25, 0.3) is 5.69 Å². The van der Waals surface area contributed by atoms with Gasteiger partial charge >= 0.3 is 0 Å². The molecule has 0 aliphatic rings. The lowest BCUT2D eigenvalue weighted by molar-refractivity contribution is -0.123. The highest BCUT2D eigenvalue weighted by atomic mass is 35.5. The highest BCUT2D eigenvalue weighted by Crippen LogP contribution is 2.13. The molecule has 2 aromatic rings. The normalized spacial score (nSPS) is 11.8. The van der Waals surface area contributed by atoms with Gasteiger partial charge in [-0.1, -0.05) is 32.0 Å². The number of nitrogens with two attached hydrogens (primary N) is 1. The summed E-state index contributed by atoms with van der Waals surface area (Å²) in [7, 11) is 0. The number of rotatable bonds is 5. The number of amides is 1. The maximum Gasteiger partial charge on any atom is 0.237 e. The molecular weight excluding hydrogens is 288 g/mol. The smallest absolute Gasteiger partial charge is 0.237 e. The molecule has 0 radical (unpaired) electrons. The van der Waals surface area contributed by atoms with Crippen LogP contribution in [0.1, 0.15) is 19.4 Å². The van der Waals surface area contributed by atoms with Crippen molar-refractivity contribution in [2.45, 2.75) is 26.4 Å². The number of hydrogen-bond acceptors (Lipinski definition) is 3. The summed E-state index contributed by atoms with van der Waals surface area (Å²) < 4.78 is 1.92. The molecule has 3 N–H and O–H groups in total. The van der Waals surface area contributed by atoms with E-state index in [4.69, 9.17) is 5.73 Å². The van der Waals surface area contributed by atoms with Gasteiger partial charge in [0.1, 0.15) is 0 Å². The first-order chi connectivity index (χ1) is 9.59. The van der Waals surface area contributed by atoms with Crippen molar-refractivity contribution in [3.8, 4) is 5.69 Å². The number of carbonyl (C=O) groups is 1. The summed E-state index contributed by atoms with van der Waals surface area (Å²) in [6, 6.07) is 7.41. The number of para-hydroxylation sites is 1. The van der Waals surface area contributed by atoms with Crippen molar-refractivity contribution < 1.29 is 4.79 Å². The van der Waals surface area contributed by atoms with E-state index in [-0.39, 0.29) is 24.2 Å². The molecule has 1 aromatic heterocycles. The highest BCUT2D eigenvalue weighted by molar-refractivity contribution is 5.85.